The normalized spacial score (nSPS) is 11.6. The predicted octanol–water partition coefficient (Wildman–Crippen LogP) is 4.67. The molecule has 1 amide bonds. The number of Topliss-reactive ketones (excluding diaryl/α,β-unsaturated/α-hetero) is 1. The van der Waals surface area contributed by atoms with Crippen LogP contribution in [0.2, 0.25) is 5.02 Å². The van der Waals surface area contributed by atoms with Gasteiger partial charge in [0.05, 0.1) is 16.8 Å². The third kappa shape index (κ3) is 3.30. The number of aryl methyl sites for hydroxylation is 1. The van der Waals surface area contributed by atoms with Gasteiger partial charge in [-0.1, -0.05) is 29.8 Å². The number of hydrogen-bond acceptors (Lipinski definition) is 2. The van der Waals surface area contributed by atoms with Crippen molar-refractivity contribution in [1.82, 2.24) is 4.57 Å². The molecule has 0 unspecified atom stereocenters. The minimum atomic E-state index is -4.73. The number of carbonyl (C=O) groups excluding carboxylic acids is 2. The Hall–Kier alpha value is -2.80. The van der Waals surface area contributed by atoms with Crippen LogP contribution >= 0.6 is 11.6 Å². The summed E-state index contributed by atoms with van der Waals surface area (Å²) in [6.45, 7) is 0. The van der Waals surface area contributed by atoms with Gasteiger partial charge in [0, 0.05) is 29.2 Å². The van der Waals surface area contributed by atoms with Gasteiger partial charge in [0.15, 0.2) is 0 Å². The predicted molar refractivity (Wildman–Crippen MR) is 92.3 cm³/mol. The fraction of sp³-hybridized carbons (Fsp3) is 0.111. The summed E-state index contributed by atoms with van der Waals surface area (Å²) in [7, 11) is 1.71. The Balaban J connectivity index is 1.95. The molecule has 0 aliphatic carbocycles. The Labute approximate surface area is 151 Å². The molecule has 1 aromatic heterocycles. The van der Waals surface area contributed by atoms with Crippen LogP contribution in [0.15, 0.2) is 48.7 Å². The maximum absolute atomic E-state index is 13.1. The zero-order chi connectivity index (χ0) is 19.1. The third-order valence-electron chi connectivity index (χ3n) is 3.88. The molecule has 8 heteroatoms. The molecule has 4 nitrogen and oxygen atoms in total. The molecule has 0 saturated heterocycles. The maximum Gasteiger partial charge on any atom is 0.418 e. The Bertz CT molecular complexity index is 1020. The van der Waals surface area contributed by atoms with E-state index in [1.165, 1.54) is 12.3 Å². The van der Waals surface area contributed by atoms with Crippen LogP contribution in [0.4, 0.5) is 18.9 Å². The fourth-order valence-electron chi connectivity index (χ4n) is 2.68. The number of hydrogen-bond donors (Lipinski definition) is 1. The van der Waals surface area contributed by atoms with Gasteiger partial charge in [0.1, 0.15) is 0 Å². The first kappa shape index (κ1) is 18.0. The van der Waals surface area contributed by atoms with Crippen molar-refractivity contribution in [2.24, 2.45) is 7.05 Å². The maximum atomic E-state index is 13.1. The van der Waals surface area contributed by atoms with Crippen LogP contribution in [0.1, 0.15) is 15.9 Å². The summed E-state index contributed by atoms with van der Waals surface area (Å²) >= 11 is 5.60. The van der Waals surface area contributed by atoms with E-state index in [0.29, 0.717) is 11.5 Å². The molecule has 1 N–H and O–H groups in total. The van der Waals surface area contributed by atoms with Crippen LogP contribution in [0.25, 0.3) is 10.9 Å². The van der Waals surface area contributed by atoms with Gasteiger partial charge < -0.3 is 9.88 Å². The number of nitrogens with zero attached hydrogens (tertiary/aromatic N) is 1. The lowest BCUT2D eigenvalue weighted by atomic mass is 10.1. The Morgan fingerprint density at radius 2 is 1.81 bits per heavy atom. The number of carbonyl (C=O) groups is 2. The molecule has 0 spiro atoms. The fourth-order valence-corrected chi connectivity index (χ4v) is 2.86. The summed E-state index contributed by atoms with van der Waals surface area (Å²) in [5.41, 5.74) is -0.807. The highest BCUT2D eigenvalue weighted by atomic mass is 35.5. The van der Waals surface area contributed by atoms with E-state index in [0.717, 1.165) is 11.6 Å². The number of para-hydroxylation sites is 1. The molecule has 0 bridgehead atoms. The van der Waals surface area contributed by atoms with Gasteiger partial charge in [0.2, 0.25) is 0 Å². The molecule has 2 aromatic carbocycles. The van der Waals surface area contributed by atoms with Crippen molar-refractivity contribution in [3.05, 3.63) is 64.8 Å². The van der Waals surface area contributed by atoms with Crippen molar-refractivity contribution in [2.45, 2.75) is 6.18 Å². The third-order valence-corrected chi connectivity index (χ3v) is 4.12. The first-order valence-corrected chi connectivity index (χ1v) is 7.83. The van der Waals surface area contributed by atoms with Gasteiger partial charge >= 0.3 is 6.18 Å². The molecule has 0 fully saturated rings. The second-order valence-electron chi connectivity index (χ2n) is 5.64. The number of aromatic nitrogens is 1. The number of rotatable bonds is 3. The van der Waals surface area contributed by atoms with E-state index in [9.17, 15) is 22.8 Å². The first-order valence-electron chi connectivity index (χ1n) is 7.45. The summed E-state index contributed by atoms with van der Waals surface area (Å²) in [5.74, 6) is -2.08. The molecule has 26 heavy (non-hydrogen) atoms. The number of fused-ring (bicyclic) bond motifs is 1. The summed E-state index contributed by atoms with van der Waals surface area (Å²) < 4.78 is 41.0. The smallest absolute Gasteiger partial charge is 0.350 e. The van der Waals surface area contributed by atoms with Crippen LogP contribution in [0, 0.1) is 0 Å². The zero-order valence-electron chi connectivity index (χ0n) is 13.4. The largest absolute Gasteiger partial charge is 0.418 e. The molecule has 0 aliphatic rings. The van der Waals surface area contributed by atoms with Crippen molar-refractivity contribution >= 4 is 39.9 Å². The number of alkyl halides is 3. The topological polar surface area (TPSA) is 51.1 Å². The van der Waals surface area contributed by atoms with Crippen LogP contribution < -0.4 is 5.32 Å². The zero-order valence-corrected chi connectivity index (χ0v) is 14.2. The van der Waals surface area contributed by atoms with Crippen LogP contribution in [-0.4, -0.2) is 16.3 Å². The van der Waals surface area contributed by atoms with Gasteiger partial charge in [-0.25, -0.2) is 0 Å². The molecule has 3 rings (SSSR count). The average Bonchev–Trinajstić information content (AvgIpc) is 2.92. The number of nitrogens with one attached hydrogen (secondary N) is 1. The van der Waals surface area contributed by atoms with E-state index in [1.54, 1.807) is 35.9 Å². The quantitative estimate of drug-likeness (QED) is 0.530. The molecule has 0 radical (unpaired) electrons. The van der Waals surface area contributed by atoms with Crippen molar-refractivity contribution in [3.63, 3.8) is 0 Å². The summed E-state index contributed by atoms with van der Waals surface area (Å²) in [5, 5.41) is 2.45. The van der Waals surface area contributed by atoms with Crippen LogP contribution in [-0.2, 0) is 18.0 Å². The highest BCUT2D eigenvalue weighted by molar-refractivity contribution is 6.48. The minimum absolute atomic E-state index is 0.114. The Morgan fingerprint density at radius 3 is 2.50 bits per heavy atom. The molecule has 3 aromatic rings. The van der Waals surface area contributed by atoms with E-state index >= 15 is 0 Å². The highest BCUT2D eigenvalue weighted by Gasteiger charge is 2.35. The summed E-state index contributed by atoms with van der Waals surface area (Å²) in [6.07, 6.45) is -3.25. The molecule has 0 saturated carbocycles. The van der Waals surface area contributed by atoms with Gasteiger partial charge in [-0.3, -0.25) is 9.59 Å². The highest BCUT2D eigenvalue weighted by Crippen LogP contribution is 2.36. The van der Waals surface area contributed by atoms with E-state index < -0.39 is 29.1 Å². The van der Waals surface area contributed by atoms with E-state index in [-0.39, 0.29) is 10.6 Å². The SMILES string of the molecule is Cn1cc(C(=O)C(=O)Nc2ccc(Cl)cc2C(F)(F)F)c2ccccc21. The molecule has 0 aliphatic heterocycles. The van der Waals surface area contributed by atoms with Crippen LogP contribution in [0.5, 0.6) is 0 Å². The van der Waals surface area contributed by atoms with Crippen molar-refractivity contribution < 1.29 is 22.8 Å². The molecular formula is C18H12ClF3N2O2. The lowest BCUT2D eigenvalue weighted by molar-refractivity contribution is -0.137. The number of halogens is 4. The van der Waals surface area contributed by atoms with Crippen molar-refractivity contribution in [2.75, 3.05) is 5.32 Å². The standard InChI is InChI=1S/C18H12ClF3N2O2/c1-24-9-12(11-4-2-3-5-15(11)24)16(25)17(26)23-14-7-6-10(19)8-13(14)18(20,21)22/h2-9H,1H3,(H,23,26). The molecule has 0 atom stereocenters. The van der Waals surface area contributed by atoms with E-state index in [1.807, 2.05) is 5.32 Å². The summed E-state index contributed by atoms with van der Waals surface area (Å²) in [4.78, 5) is 24.7. The Morgan fingerprint density at radius 1 is 1.12 bits per heavy atom. The molecule has 134 valence electrons. The lowest BCUT2D eigenvalue weighted by Gasteiger charge is -2.13. The minimum Gasteiger partial charge on any atom is -0.350 e. The second-order valence-corrected chi connectivity index (χ2v) is 6.08. The number of amides is 1. The lowest BCUT2D eigenvalue weighted by Crippen LogP contribution is -2.24. The number of anilines is 1. The van der Waals surface area contributed by atoms with Gasteiger partial charge in [-0.05, 0) is 24.3 Å². The average molecular weight is 381 g/mol. The van der Waals surface area contributed by atoms with Gasteiger partial charge in [-0.2, -0.15) is 13.2 Å². The molecular weight excluding hydrogens is 369 g/mol. The monoisotopic (exact) mass is 380 g/mol. The Kier molecular flexibility index (Phi) is 4.50. The van der Waals surface area contributed by atoms with E-state index in [4.69, 9.17) is 11.6 Å². The first-order chi connectivity index (χ1) is 12.2. The molecule has 1 heterocycles. The van der Waals surface area contributed by atoms with Gasteiger partial charge in [-0.15, -0.1) is 0 Å². The summed E-state index contributed by atoms with van der Waals surface area (Å²) in [6, 6.07) is 9.83. The van der Waals surface area contributed by atoms with Crippen LogP contribution in [0.3, 0.4) is 0 Å². The second kappa shape index (κ2) is 6.49. The number of ketones is 1. The number of benzene rings is 2. The van der Waals surface area contributed by atoms with Crippen molar-refractivity contribution in [1.29, 1.82) is 0 Å². The van der Waals surface area contributed by atoms with E-state index in [2.05, 4.69) is 0 Å². The van der Waals surface area contributed by atoms with Gasteiger partial charge in [0.25, 0.3) is 11.7 Å². The van der Waals surface area contributed by atoms with Crippen molar-refractivity contribution in [3.8, 4) is 0 Å².